The second-order valence-corrected chi connectivity index (χ2v) is 3.37. The highest BCUT2D eigenvalue weighted by atomic mass is 35.5. The van der Waals surface area contributed by atoms with Gasteiger partial charge >= 0.3 is 5.97 Å². The number of aliphatic carboxylic acids is 1. The lowest BCUT2D eigenvalue weighted by Crippen LogP contribution is -1.99. The largest absolute Gasteiger partial charge is 0.481 e. The SMILES string of the molecule is O=C(O)Cc1nc(Cl)c(-c2ccccn2)o1. The number of carbonyl (C=O) groups is 1. The summed E-state index contributed by atoms with van der Waals surface area (Å²) in [5.74, 6) is -0.665. The average molecular weight is 239 g/mol. The van der Waals surface area contributed by atoms with Crippen molar-refractivity contribution in [2.24, 2.45) is 0 Å². The third-order valence-electron chi connectivity index (χ3n) is 1.83. The van der Waals surface area contributed by atoms with Crippen LogP contribution < -0.4 is 0 Å². The number of aromatic nitrogens is 2. The zero-order chi connectivity index (χ0) is 11.5. The van der Waals surface area contributed by atoms with Gasteiger partial charge in [-0.3, -0.25) is 9.78 Å². The predicted octanol–water partition coefficient (Wildman–Crippen LogP) is 2.02. The molecule has 2 aromatic rings. The molecule has 0 saturated heterocycles. The minimum absolute atomic E-state index is 0.0677. The molecule has 2 rings (SSSR count). The Morgan fingerprint density at radius 1 is 1.50 bits per heavy atom. The first kappa shape index (κ1) is 10.6. The number of carboxylic acids is 1. The fourth-order valence-corrected chi connectivity index (χ4v) is 1.43. The summed E-state index contributed by atoms with van der Waals surface area (Å²) in [6.07, 6.45) is 1.29. The number of pyridine rings is 1. The summed E-state index contributed by atoms with van der Waals surface area (Å²) in [4.78, 5) is 18.3. The van der Waals surface area contributed by atoms with Gasteiger partial charge in [-0.1, -0.05) is 17.7 Å². The van der Waals surface area contributed by atoms with Crippen LogP contribution in [0.3, 0.4) is 0 Å². The molecule has 0 aromatic carbocycles. The Kier molecular flexibility index (Phi) is 2.87. The maximum Gasteiger partial charge on any atom is 0.312 e. The smallest absolute Gasteiger partial charge is 0.312 e. The molecule has 16 heavy (non-hydrogen) atoms. The third-order valence-corrected chi connectivity index (χ3v) is 2.09. The van der Waals surface area contributed by atoms with Gasteiger partial charge in [0.05, 0.1) is 0 Å². The average Bonchev–Trinajstić information content (AvgIpc) is 2.60. The summed E-state index contributed by atoms with van der Waals surface area (Å²) in [5.41, 5.74) is 0.525. The van der Waals surface area contributed by atoms with Crippen LogP contribution in [0.15, 0.2) is 28.8 Å². The van der Waals surface area contributed by atoms with E-state index in [0.717, 1.165) is 0 Å². The number of carboxylic acid groups (broad SMARTS) is 1. The molecule has 2 heterocycles. The first-order valence-electron chi connectivity index (χ1n) is 4.45. The molecule has 0 aliphatic carbocycles. The van der Waals surface area contributed by atoms with Gasteiger partial charge in [-0.25, -0.2) is 4.98 Å². The molecule has 0 bridgehead atoms. The van der Waals surface area contributed by atoms with Gasteiger partial charge in [-0.05, 0) is 12.1 Å². The van der Waals surface area contributed by atoms with E-state index in [2.05, 4.69) is 9.97 Å². The molecule has 0 unspecified atom stereocenters. The molecule has 0 spiro atoms. The summed E-state index contributed by atoms with van der Waals surface area (Å²) in [5, 5.41) is 8.70. The predicted molar refractivity (Wildman–Crippen MR) is 56.1 cm³/mol. The summed E-state index contributed by atoms with van der Waals surface area (Å²) in [7, 11) is 0. The molecule has 5 nitrogen and oxygen atoms in total. The Hall–Kier alpha value is -1.88. The summed E-state index contributed by atoms with van der Waals surface area (Å²) >= 11 is 5.83. The highest BCUT2D eigenvalue weighted by molar-refractivity contribution is 6.31. The number of hydrogen-bond donors (Lipinski definition) is 1. The van der Waals surface area contributed by atoms with Gasteiger partial charge in [0, 0.05) is 6.20 Å². The second kappa shape index (κ2) is 4.32. The highest BCUT2D eigenvalue weighted by Crippen LogP contribution is 2.26. The molecule has 0 fully saturated rings. The Morgan fingerprint density at radius 2 is 2.31 bits per heavy atom. The van der Waals surface area contributed by atoms with E-state index in [1.807, 2.05) is 0 Å². The lowest BCUT2D eigenvalue weighted by molar-refractivity contribution is -0.136. The Balaban J connectivity index is 2.36. The van der Waals surface area contributed by atoms with Crippen molar-refractivity contribution in [1.82, 2.24) is 9.97 Å². The quantitative estimate of drug-likeness (QED) is 0.885. The first-order valence-corrected chi connectivity index (χ1v) is 4.83. The van der Waals surface area contributed by atoms with Crippen LogP contribution in [0.5, 0.6) is 0 Å². The number of oxazole rings is 1. The van der Waals surface area contributed by atoms with Crippen molar-refractivity contribution in [2.45, 2.75) is 6.42 Å². The first-order chi connectivity index (χ1) is 7.66. The minimum Gasteiger partial charge on any atom is -0.481 e. The van der Waals surface area contributed by atoms with Gasteiger partial charge in [-0.2, -0.15) is 0 Å². The lowest BCUT2D eigenvalue weighted by Gasteiger charge is -1.93. The third kappa shape index (κ3) is 2.20. The van der Waals surface area contributed by atoms with Crippen LogP contribution in [-0.2, 0) is 11.2 Å². The Labute approximate surface area is 95.7 Å². The van der Waals surface area contributed by atoms with Crippen LogP contribution in [-0.4, -0.2) is 21.0 Å². The number of nitrogens with zero attached hydrogens (tertiary/aromatic N) is 2. The summed E-state index contributed by atoms with van der Waals surface area (Å²) in [6, 6.07) is 5.24. The standard InChI is InChI=1S/C10H7ClN2O3/c11-10-9(6-3-1-2-4-12-6)16-7(13-10)5-8(14)15/h1-4H,5H2,(H,14,15). The molecule has 6 heteroatoms. The van der Waals surface area contributed by atoms with Gasteiger partial charge in [0.2, 0.25) is 5.89 Å². The maximum atomic E-state index is 10.5. The van der Waals surface area contributed by atoms with Crippen molar-refractivity contribution in [3.63, 3.8) is 0 Å². The molecule has 0 radical (unpaired) electrons. The van der Waals surface area contributed by atoms with Crippen LogP contribution in [0.1, 0.15) is 5.89 Å². The van der Waals surface area contributed by atoms with Crippen LogP contribution in [0.4, 0.5) is 0 Å². The fraction of sp³-hybridized carbons (Fsp3) is 0.100. The highest BCUT2D eigenvalue weighted by Gasteiger charge is 2.15. The number of hydrogen-bond acceptors (Lipinski definition) is 4. The molecule has 0 amide bonds. The molecule has 1 N–H and O–H groups in total. The summed E-state index contributed by atoms with van der Waals surface area (Å²) < 4.78 is 5.22. The van der Waals surface area contributed by atoms with Gasteiger partial charge in [0.15, 0.2) is 10.9 Å². The Morgan fingerprint density at radius 3 is 2.94 bits per heavy atom. The molecule has 82 valence electrons. The molecule has 0 aliphatic heterocycles. The van der Waals surface area contributed by atoms with E-state index in [9.17, 15) is 4.79 Å². The molecule has 0 aliphatic rings. The van der Waals surface area contributed by atoms with E-state index in [1.54, 1.807) is 24.4 Å². The monoisotopic (exact) mass is 238 g/mol. The van der Waals surface area contributed by atoms with E-state index in [0.29, 0.717) is 11.5 Å². The normalized spacial score (nSPS) is 10.3. The maximum absolute atomic E-state index is 10.5. The molecule has 2 aromatic heterocycles. The van der Waals surface area contributed by atoms with Gasteiger partial charge in [0.25, 0.3) is 0 Å². The van der Waals surface area contributed by atoms with Crippen molar-refractivity contribution in [3.8, 4) is 11.5 Å². The molecular formula is C10H7ClN2O3. The van der Waals surface area contributed by atoms with E-state index in [4.69, 9.17) is 21.1 Å². The second-order valence-electron chi connectivity index (χ2n) is 3.01. The van der Waals surface area contributed by atoms with Gasteiger partial charge < -0.3 is 9.52 Å². The number of rotatable bonds is 3. The van der Waals surface area contributed by atoms with E-state index in [-0.39, 0.29) is 17.5 Å². The van der Waals surface area contributed by atoms with Crippen LogP contribution in [0.2, 0.25) is 5.15 Å². The van der Waals surface area contributed by atoms with Crippen molar-refractivity contribution in [1.29, 1.82) is 0 Å². The van der Waals surface area contributed by atoms with Crippen LogP contribution in [0.25, 0.3) is 11.5 Å². The molecular weight excluding hydrogens is 232 g/mol. The van der Waals surface area contributed by atoms with Gasteiger partial charge in [-0.15, -0.1) is 0 Å². The van der Waals surface area contributed by atoms with E-state index in [1.165, 1.54) is 0 Å². The number of halogens is 1. The summed E-state index contributed by atoms with van der Waals surface area (Å²) in [6.45, 7) is 0. The minimum atomic E-state index is -1.02. The molecule has 0 atom stereocenters. The van der Waals surface area contributed by atoms with Gasteiger partial charge in [0.1, 0.15) is 12.1 Å². The van der Waals surface area contributed by atoms with Crippen LogP contribution in [0, 0.1) is 0 Å². The van der Waals surface area contributed by atoms with Crippen molar-refractivity contribution < 1.29 is 14.3 Å². The van der Waals surface area contributed by atoms with Crippen LogP contribution >= 0.6 is 11.6 Å². The topological polar surface area (TPSA) is 76.2 Å². The lowest BCUT2D eigenvalue weighted by atomic mass is 10.3. The van der Waals surface area contributed by atoms with Crippen molar-refractivity contribution in [3.05, 3.63) is 35.4 Å². The Bertz CT molecular complexity index is 510. The van der Waals surface area contributed by atoms with Crippen molar-refractivity contribution in [2.75, 3.05) is 0 Å². The van der Waals surface area contributed by atoms with E-state index < -0.39 is 5.97 Å². The molecule has 0 saturated carbocycles. The van der Waals surface area contributed by atoms with E-state index >= 15 is 0 Å². The fourth-order valence-electron chi connectivity index (χ4n) is 1.20. The van der Waals surface area contributed by atoms with Crippen molar-refractivity contribution >= 4 is 17.6 Å². The zero-order valence-corrected chi connectivity index (χ0v) is 8.81. The zero-order valence-electron chi connectivity index (χ0n) is 8.05.